The average molecular weight is 226 g/mol. The second-order valence-corrected chi connectivity index (χ2v) is 3.86. The van der Waals surface area contributed by atoms with Crippen molar-refractivity contribution in [3.63, 3.8) is 0 Å². The Morgan fingerprint density at radius 2 is 1.93 bits per heavy atom. The summed E-state index contributed by atoms with van der Waals surface area (Å²) >= 11 is 2.89. The zero-order valence-electron chi connectivity index (χ0n) is 8.44. The first-order valence-corrected chi connectivity index (χ1v) is 5.26. The van der Waals surface area contributed by atoms with Crippen LogP contribution in [-0.4, -0.2) is 10.7 Å². The van der Waals surface area contributed by atoms with E-state index < -0.39 is 0 Å². The summed E-state index contributed by atoms with van der Waals surface area (Å²) in [6, 6.07) is 10.1. The summed E-state index contributed by atoms with van der Waals surface area (Å²) in [5, 5.41) is 0. The molecule has 74 valence electrons. The minimum absolute atomic E-state index is 0.215. The molecule has 0 aromatic heterocycles. The van der Waals surface area contributed by atoms with Crippen LogP contribution in [0.3, 0.4) is 0 Å². The summed E-state index contributed by atoms with van der Waals surface area (Å²) in [6.45, 7) is 4.02. The summed E-state index contributed by atoms with van der Waals surface area (Å²) in [4.78, 5) is 0. The average Bonchev–Trinajstić information content (AvgIpc) is 2.15. The van der Waals surface area contributed by atoms with Crippen molar-refractivity contribution in [2.45, 2.75) is 20.0 Å². The summed E-state index contributed by atoms with van der Waals surface area (Å²) in [5.41, 5.74) is 1.17. The number of hydrogen-bond donors (Lipinski definition) is 0. The van der Waals surface area contributed by atoms with Gasteiger partial charge in [-0.3, -0.25) is 0 Å². The van der Waals surface area contributed by atoms with E-state index in [2.05, 4.69) is 28.0 Å². The molecule has 2 heteroatoms. The third-order valence-electron chi connectivity index (χ3n) is 1.56. The molecule has 1 aromatic carbocycles. The van der Waals surface area contributed by atoms with Crippen LogP contribution in [0.2, 0.25) is 0 Å². The van der Waals surface area contributed by atoms with Crippen LogP contribution < -0.4 is 0 Å². The van der Waals surface area contributed by atoms with Gasteiger partial charge in [-0.2, -0.15) is 0 Å². The molecular weight excluding hydrogens is 212 g/mol. The molecule has 0 aliphatic rings. The topological polar surface area (TPSA) is 9.23 Å². The summed E-state index contributed by atoms with van der Waals surface area (Å²) in [5.74, 6) is 0. The van der Waals surface area contributed by atoms with Gasteiger partial charge in [0, 0.05) is 0 Å². The van der Waals surface area contributed by atoms with E-state index in [0.29, 0.717) is 0 Å². The van der Waals surface area contributed by atoms with E-state index in [0.717, 1.165) is 4.57 Å². The molecule has 0 aliphatic carbocycles. The second-order valence-electron chi connectivity index (χ2n) is 3.23. The van der Waals surface area contributed by atoms with Crippen LogP contribution in [0.5, 0.6) is 0 Å². The molecule has 1 nitrogen and oxygen atoms in total. The van der Waals surface area contributed by atoms with Crippen LogP contribution in [0.1, 0.15) is 19.4 Å². The first-order chi connectivity index (χ1) is 6.68. The van der Waals surface area contributed by atoms with Crippen molar-refractivity contribution in [3.8, 4) is 0 Å². The van der Waals surface area contributed by atoms with Crippen LogP contribution in [0.4, 0.5) is 0 Å². The molecule has 0 aliphatic heterocycles. The molecule has 0 radical (unpaired) electrons. The molecule has 0 heterocycles. The zero-order valence-corrected chi connectivity index (χ0v) is 9.71. The van der Waals surface area contributed by atoms with E-state index in [4.69, 9.17) is 4.74 Å². The van der Waals surface area contributed by atoms with Gasteiger partial charge in [0.25, 0.3) is 0 Å². The number of rotatable bonds is 4. The number of ether oxygens (including phenoxy) is 1. The summed E-state index contributed by atoms with van der Waals surface area (Å²) < 4.78 is 6.27. The Hall–Kier alpha value is -0.678. The number of benzene rings is 1. The van der Waals surface area contributed by atoms with Crippen molar-refractivity contribution in [1.82, 2.24) is 0 Å². The SMILES string of the molecule is CC(C)O[C](=[Cr])/C=C/c1ccccc1. The van der Waals surface area contributed by atoms with Gasteiger partial charge in [-0.05, 0) is 0 Å². The normalized spacial score (nSPS) is 11.1. The summed E-state index contributed by atoms with van der Waals surface area (Å²) in [7, 11) is 0. The first kappa shape index (κ1) is 11.4. The third kappa shape index (κ3) is 4.53. The van der Waals surface area contributed by atoms with Gasteiger partial charge in [0.1, 0.15) is 0 Å². The van der Waals surface area contributed by atoms with Gasteiger partial charge in [-0.25, -0.2) is 0 Å². The Morgan fingerprint density at radius 3 is 2.50 bits per heavy atom. The van der Waals surface area contributed by atoms with Gasteiger partial charge >= 0.3 is 93.2 Å². The minimum atomic E-state index is 0.215. The van der Waals surface area contributed by atoms with Gasteiger partial charge in [0.2, 0.25) is 0 Å². The predicted molar refractivity (Wildman–Crippen MR) is 56.7 cm³/mol. The van der Waals surface area contributed by atoms with Crippen molar-refractivity contribution in [2.75, 3.05) is 0 Å². The molecule has 0 saturated heterocycles. The zero-order chi connectivity index (χ0) is 10.4. The van der Waals surface area contributed by atoms with Crippen LogP contribution in [-0.2, 0) is 20.6 Å². The molecule has 0 atom stereocenters. The summed E-state index contributed by atoms with van der Waals surface area (Å²) in [6.07, 6.45) is 4.18. The van der Waals surface area contributed by atoms with Crippen LogP contribution >= 0.6 is 0 Å². The molecule has 0 bridgehead atoms. The second kappa shape index (κ2) is 5.93. The van der Waals surface area contributed by atoms with Crippen molar-refractivity contribution >= 4 is 10.6 Å². The van der Waals surface area contributed by atoms with Crippen molar-refractivity contribution < 1.29 is 20.6 Å². The fourth-order valence-electron chi connectivity index (χ4n) is 1.00. The molecule has 14 heavy (non-hydrogen) atoms. The first-order valence-electron chi connectivity index (χ1n) is 4.62. The third-order valence-corrected chi connectivity index (χ3v) is 1.93. The van der Waals surface area contributed by atoms with Crippen LogP contribution in [0.15, 0.2) is 36.4 Å². The molecule has 0 amide bonds. The van der Waals surface area contributed by atoms with Gasteiger partial charge in [0.05, 0.1) is 0 Å². The standard InChI is InChI=1S/C12H14O.Cr/c1-11(2)13-10-6-9-12-7-4-3-5-8-12;/h3-9,11H,1-2H3;/b9-6+;. The molecule has 0 N–H and O–H groups in total. The van der Waals surface area contributed by atoms with E-state index >= 15 is 0 Å². The molecule has 0 saturated carbocycles. The predicted octanol–water partition coefficient (Wildman–Crippen LogP) is 2.80. The van der Waals surface area contributed by atoms with E-state index in [1.165, 1.54) is 5.56 Å². The fraction of sp³-hybridized carbons (Fsp3) is 0.250. The van der Waals surface area contributed by atoms with Crippen LogP contribution in [0.25, 0.3) is 6.08 Å². The quantitative estimate of drug-likeness (QED) is 0.767. The van der Waals surface area contributed by atoms with Crippen molar-refractivity contribution in [2.24, 2.45) is 0 Å². The Bertz CT molecular complexity index is 314. The molecule has 0 unspecified atom stereocenters. The van der Waals surface area contributed by atoms with E-state index in [-0.39, 0.29) is 6.10 Å². The molecule has 0 spiro atoms. The monoisotopic (exact) mass is 226 g/mol. The van der Waals surface area contributed by atoms with E-state index in [1.54, 1.807) is 0 Å². The van der Waals surface area contributed by atoms with E-state index in [9.17, 15) is 0 Å². The Morgan fingerprint density at radius 1 is 1.29 bits per heavy atom. The van der Waals surface area contributed by atoms with Crippen molar-refractivity contribution in [1.29, 1.82) is 0 Å². The van der Waals surface area contributed by atoms with Crippen molar-refractivity contribution in [3.05, 3.63) is 42.0 Å². The Kier molecular flexibility index (Phi) is 4.83. The maximum atomic E-state index is 5.45. The van der Waals surface area contributed by atoms with Gasteiger partial charge in [-0.15, -0.1) is 0 Å². The van der Waals surface area contributed by atoms with Crippen LogP contribution in [0, 0.1) is 0 Å². The van der Waals surface area contributed by atoms with Gasteiger partial charge in [-0.1, -0.05) is 0 Å². The van der Waals surface area contributed by atoms with Gasteiger partial charge < -0.3 is 0 Å². The maximum absolute atomic E-state index is 5.45. The Balaban J connectivity index is 2.52. The van der Waals surface area contributed by atoms with Gasteiger partial charge in [0.15, 0.2) is 0 Å². The molecule has 1 aromatic rings. The van der Waals surface area contributed by atoms with E-state index in [1.807, 2.05) is 44.2 Å². The molecule has 0 fully saturated rings. The Labute approximate surface area is 93.4 Å². The fourth-order valence-corrected chi connectivity index (χ4v) is 1.41. The molecule has 1 rings (SSSR count). The number of hydrogen-bond acceptors (Lipinski definition) is 1. The molecular formula is C12H14CrO.